The first kappa shape index (κ1) is 15.4. The van der Waals surface area contributed by atoms with E-state index < -0.39 is 0 Å². The van der Waals surface area contributed by atoms with Gasteiger partial charge in [0.25, 0.3) is 0 Å². The molecule has 4 N–H and O–H groups in total. The summed E-state index contributed by atoms with van der Waals surface area (Å²) >= 11 is 0. The highest BCUT2D eigenvalue weighted by Gasteiger charge is 1.83. The molecule has 0 heterocycles. The molecule has 0 aromatic rings. The van der Waals surface area contributed by atoms with Crippen molar-refractivity contribution >= 4 is 0 Å². The standard InChI is InChI=1S/C8H19N.C2H7NO/c1-3-5-7-9-8-6-4-2;3-1-2-4/h9H,3-8H2,1-2H3;4H,1-3H2. The van der Waals surface area contributed by atoms with E-state index in [9.17, 15) is 0 Å². The van der Waals surface area contributed by atoms with E-state index in [1.165, 1.54) is 38.8 Å². The summed E-state index contributed by atoms with van der Waals surface area (Å²) in [7, 11) is 0. The Kier molecular flexibility index (Phi) is 21.1. The zero-order valence-electron chi connectivity index (χ0n) is 9.18. The Hall–Kier alpha value is -0.120. The van der Waals surface area contributed by atoms with Crippen LogP contribution < -0.4 is 11.1 Å². The topological polar surface area (TPSA) is 58.3 Å². The number of hydrogen-bond donors (Lipinski definition) is 3. The SMILES string of the molecule is CCCCNCCCC.NCCO. The van der Waals surface area contributed by atoms with Crippen LogP contribution in [0.3, 0.4) is 0 Å². The summed E-state index contributed by atoms with van der Waals surface area (Å²) in [5.74, 6) is 0. The van der Waals surface area contributed by atoms with Crippen LogP contribution in [0, 0.1) is 0 Å². The molecule has 0 radical (unpaired) electrons. The zero-order chi connectivity index (χ0) is 10.4. The van der Waals surface area contributed by atoms with E-state index in [4.69, 9.17) is 10.8 Å². The Morgan fingerprint density at radius 2 is 1.46 bits per heavy atom. The van der Waals surface area contributed by atoms with E-state index in [1.54, 1.807) is 0 Å². The quantitative estimate of drug-likeness (QED) is 0.527. The highest BCUT2D eigenvalue weighted by Crippen LogP contribution is 1.85. The molecule has 82 valence electrons. The van der Waals surface area contributed by atoms with Crippen molar-refractivity contribution in [2.24, 2.45) is 5.73 Å². The molecule has 0 aromatic carbocycles. The largest absolute Gasteiger partial charge is 0.395 e. The molecule has 0 fully saturated rings. The van der Waals surface area contributed by atoms with E-state index >= 15 is 0 Å². The first-order valence-corrected chi connectivity index (χ1v) is 5.35. The molecule has 0 atom stereocenters. The van der Waals surface area contributed by atoms with Crippen LogP contribution in [0.15, 0.2) is 0 Å². The van der Waals surface area contributed by atoms with Crippen LogP contribution >= 0.6 is 0 Å². The lowest BCUT2D eigenvalue weighted by molar-refractivity contribution is 0.306. The molecule has 0 unspecified atom stereocenters. The van der Waals surface area contributed by atoms with Gasteiger partial charge in [-0.3, -0.25) is 0 Å². The van der Waals surface area contributed by atoms with E-state index in [-0.39, 0.29) is 6.61 Å². The van der Waals surface area contributed by atoms with Crippen molar-refractivity contribution in [1.82, 2.24) is 5.32 Å². The van der Waals surface area contributed by atoms with Gasteiger partial charge in [-0.25, -0.2) is 0 Å². The third kappa shape index (κ3) is 24.5. The number of nitrogens with two attached hydrogens (primary N) is 1. The summed E-state index contributed by atoms with van der Waals surface area (Å²) in [6, 6.07) is 0. The highest BCUT2D eigenvalue weighted by molar-refractivity contribution is 4.45. The van der Waals surface area contributed by atoms with Crippen LogP contribution in [0.25, 0.3) is 0 Å². The Bertz CT molecular complexity index is 61.9. The minimum atomic E-state index is 0.0972. The number of nitrogens with one attached hydrogen (secondary N) is 1. The number of aliphatic hydroxyl groups excluding tert-OH is 1. The molecular weight excluding hydrogens is 164 g/mol. The minimum absolute atomic E-state index is 0.0972. The summed E-state index contributed by atoms with van der Waals surface area (Å²) in [6.45, 7) is 7.33. The fourth-order valence-corrected chi connectivity index (χ4v) is 0.729. The van der Waals surface area contributed by atoms with Gasteiger partial charge in [0, 0.05) is 6.54 Å². The smallest absolute Gasteiger partial charge is 0.0553 e. The highest BCUT2D eigenvalue weighted by atomic mass is 16.3. The lowest BCUT2D eigenvalue weighted by Crippen LogP contribution is -2.15. The maximum Gasteiger partial charge on any atom is 0.0553 e. The molecule has 3 heteroatoms. The number of unbranched alkanes of at least 4 members (excludes halogenated alkanes) is 2. The maximum absolute atomic E-state index is 7.75. The van der Waals surface area contributed by atoms with Crippen LogP contribution in [0.2, 0.25) is 0 Å². The molecule has 0 aliphatic carbocycles. The van der Waals surface area contributed by atoms with Gasteiger partial charge in [-0.1, -0.05) is 26.7 Å². The zero-order valence-corrected chi connectivity index (χ0v) is 9.18. The number of aliphatic hydroxyl groups is 1. The molecular formula is C10H26N2O. The van der Waals surface area contributed by atoms with E-state index in [0.29, 0.717) is 6.54 Å². The van der Waals surface area contributed by atoms with Gasteiger partial charge in [-0.2, -0.15) is 0 Å². The first-order chi connectivity index (χ1) is 6.33. The monoisotopic (exact) mass is 190 g/mol. The predicted molar refractivity (Wildman–Crippen MR) is 58.8 cm³/mol. The lowest BCUT2D eigenvalue weighted by Gasteiger charge is -1.99. The van der Waals surface area contributed by atoms with Crippen molar-refractivity contribution in [2.45, 2.75) is 39.5 Å². The maximum atomic E-state index is 7.75. The van der Waals surface area contributed by atoms with Crippen molar-refractivity contribution in [3.05, 3.63) is 0 Å². The predicted octanol–water partition coefficient (Wildman–Crippen LogP) is 1.11. The first-order valence-electron chi connectivity index (χ1n) is 5.35. The van der Waals surface area contributed by atoms with E-state index in [1.807, 2.05) is 0 Å². The van der Waals surface area contributed by atoms with Gasteiger partial charge < -0.3 is 16.2 Å². The number of rotatable bonds is 7. The second kappa shape index (κ2) is 17.8. The average Bonchev–Trinajstić information content (AvgIpc) is 2.18. The van der Waals surface area contributed by atoms with Crippen LogP contribution in [0.4, 0.5) is 0 Å². The Labute approximate surface area is 82.7 Å². The lowest BCUT2D eigenvalue weighted by atomic mass is 10.3. The van der Waals surface area contributed by atoms with Gasteiger partial charge in [-0.05, 0) is 25.9 Å². The Balaban J connectivity index is 0. The fourth-order valence-electron chi connectivity index (χ4n) is 0.729. The summed E-state index contributed by atoms with van der Waals surface area (Å²) < 4.78 is 0. The van der Waals surface area contributed by atoms with Crippen LogP contribution in [0.5, 0.6) is 0 Å². The second-order valence-corrected chi connectivity index (χ2v) is 2.97. The van der Waals surface area contributed by atoms with Gasteiger partial charge in [0.05, 0.1) is 6.61 Å². The van der Waals surface area contributed by atoms with Crippen molar-refractivity contribution in [1.29, 1.82) is 0 Å². The molecule has 0 spiro atoms. The van der Waals surface area contributed by atoms with Crippen LogP contribution in [-0.2, 0) is 0 Å². The summed E-state index contributed by atoms with van der Waals surface area (Å²) in [4.78, 5) is 0. The van der Waals surface area contributed by atoms with Crippen molar-refractivity contribution < 1.29 is 5.11 Å². The third-order valence-electron chi connectivity index (χ3n) is 1.54. The summed E-state index contributed by atoms with van der Waals surface area (Å²) in [5, 5.41) is 11.1. The van der Waals surface area contributed by atoms with Crippen LogP contribution in [0.1, 0.15) is 39.5 Å². The van der Waals surface area contributed by atoms with E-state index in [0.717, 1.165) is 0 Å². The van der Waals surface area contributed by atoms with Crippen molar-refractivity contribution in [3.8, 4) is 0 Å². The molecule has 0 saturated heterocycles. The van der Waals surface area contributed by atoms with Crippen molar-refractivity contribution in [3.63, 3.8) is 0 Å². The minimum Gasteiger partial charge on any atom is -0.395 e. The molecule has 0 bridgehead atoms. The van der Waals surface area contributed by atoms with Gasteiger partial charge >= 0.3 is 0 Å². The molecule has 0 aliphatic rings. The van der Waals surface area contributed by atoms with E-state index in [2.05, 4.69) is 19.2 Å². The molecule has 0 amide bonds. The fraction of sp³-hybridized carbons (Fsp3) is 1.00. The summed E-state index contributed by atoms with van der Waals surface area (Å²) in [5.41, 5.74) is 4.78. The van der Waals surface area contributed by atoms with Gasteiger partial charge in [0.1, 0.15) is 0 Å². The molecule has 13 heavy (non-hydrogen) atoms. The molecule has 0 rings (SSSR count). The van der Waals surface area contributed by atoms with Gasteiger partial charge in [-0.15, -0.1) is 0 Å². The Morgan fingerprint density at radius 3 is 1.69 bits per heavy atom. The average molecular weight is 190 g/mol. The molecule has 0 aliphatic heterocycles. The second-order valence-electron chi connectivity index (χ2n) is 2.97. The Morgan fingerprint density at radius 1 is 1.08 bits per heavy atom. The molecule has 0 aromatic heterocycles. The molecule has 3 nitrogen and oxygen atoms in total. The normalized spacial score (nSPS) is 9.23. The summed E-state index contributed by atoms with van der Waals surface area (Å²) in [6.07, 6.45) is 5.26. The van der Waals surface area contributed by atoms with Crippen molar-refractivity contribution in [2.75, 3.05) is 26.2 Å². The third-order valence-corrected chi connectivity index (χ3v) is 1.54. The van der Waals surface area contributed by atoms with Gasteiger partial charge in [0.2, 0.25) is 0 Å². The molecule has 0 saturated carbocycles. The van der Waals surface area contributed by atoms with Gasteiger partial charge in [0.15, 0.2) is 0 Å². The van der Waals surface area contributed by atoms with Crippen LogP contribution in [-0.4, -0.2) is 31.3 Å². The number of hydrogen-bond acceptors (Lipinski definition) is 3.